The maximum absolute atomic E-state index is 5.57. The molecule has 0 saturated heterocycles. The third kappa shape index (κ3) is 1.16. The van der Waals surface area contributed by atoms with Gasteiger partial charge < -0.3 is 10.1 Å². The van der Waals surface area contributed by atoms with Crippen molar-refractivity contribution in [1.82, 2.24) is 0 Å². The van der Waals surface area contributed by atoms with Crippen LogP contribution < -0.4 is 10.1 Å². The smallest absolute Gasteiger partial charge is 0.142 e. The highest BCUT2D eigenvalue weighted by molar-refractivity contribution is 5.57. The second-order valence-electron chi connectivity index (χ2n) is 2.81. The molecule has 0 fully saturated rings. The van der Waals surface area contributed by atoms with E-state index < -0.39 is 0 Å². The Balaban J connectivity index is 2.34. The van der Waals surface area contributed by atoms with Crippen molar-refractivity contribution in [2.75, 3.05) is 11.9 Å². The Hall–Kier alpha value is -1.18. The van der Waals surface area contributed by atoms with E-state index in [2.05, 4.69) is 12.2 Å². The Kier molecular flexibility index (Phi) is 1.46. The van der Waals surface area contributed by atoms with E-state index in [0.717, 1.165) is 18.0 Å². The van der Waals surface area contributed by atoms with Gasteiger partial charge in [0.15, 0.2) is 0 Å². The molecule has 0 aromatic heterocycles. The van der Waals surface area contributed by atoms with Crippen LogP contribution in [-0.2, 0) is 0 Å². The van der Waals surface area contributed by atoms with E-state index in [1.165, 1.54) is 0 Å². The molecule has 1 aromatic carbocycles. The minimum atomic E-state index is 0.282. The summed E-state index contributed by atoms with van der Waals surface area (Å²) in [4.78, 5) is 0. The van der Waals surface area contributed by atoms with Crippen LogP contribution in [-0.4, -0.2) is 12.6 Å². The SMILES string of the molecule is C[C@H]1CNc2ccccc2O1. The predicted molar refractivity (Wildman–Crippen MR) is 45.0 cm³/mol. The highest BCUT2D eigenvalue weighted by atomic mass is 16.5. The van der Waals surface area contributed by atoms with Crippen LogP contribution in [0.4, 0.5) is 5.69 Å². The summed E-state index contributed by atoms with van der Waals surface area (Å²) in [7, 11) is 0. The highest BCUT2D eigenvalue weighted by Gasteiger charge is 2.13. The van der Waals surface area contributed by atoms with Crippen molar-refractivity contribution in [3.05, 3.63) is 24.3 Å². The summed E-state index contributed by atoms with van der Waals surface area (Å²) in [6.45, 7) is 2.96. The molecule has 2 nitrogen and oxygen atoms in total. The molecule has 0 bridgehead atoms. The molecule has 1 heterocycles. The molecule has 1 aliphatic heterocycles. The van der Waals surface area contributed by atoms with Gasteiger partial charge in [0.2, 0.25) is 0 Å². The zero-order valence-corrected chi connectivity index (χ0v) is 6.50. The monoisotopic (exact) mass is 149 g/mol. The molecule has 0 unspecified atom stereocenters. The maximum Gasteiger partial charge on any atom is 0.142 e. The standard InChI is InChI=1S/C9H11NO/c1-7-6-10-8-4-2-3-5-9(8)11-7/h2-5,7,10H,6H2,1H3/t7-/m0/s1. The number of rotatable bonds is 0. The summed E-state index contributed by atoms with van der Waals surface area (Å²) in [5.41, 5.74) is 1.10. The van der Waals surface area contributed by atoms with Crippen LogP contribution in [0.1, 0.15) is 6.92 Å². The van der Waals surface area contributed by atoms with E-state index in [0.29, 0.717) is 0 Å². The molecule has 1 N–H and O–H groups in total. The topological polar surface area (TPSA) is 21.3 Å². The first kappa shape index (κ1) is 6.53. The molecule has 2 heteroatoms. The lowest BCUT2D eigenvalue weighted by molar-refractivity contribution is 0.226. The van der Waals surface area contributed by atoms with Crippen LogP contribution in [0.3, 0.4) is 0 Å². The molecule has 0 aliphatic carbocycles. The van der Waals surface area contributed by atoms with E-state index >= 15 is 0 Å². The zero-order chi connectivity index (χ0) is 7.68. The summed E-state index contributed by atoms with van der Waals surface area (Å²) < 4.78 is 5.57. The largest absolute Gasteiger partial charge is 0.487 e. The summed E-state index contributed by atoms with van der Waals surface area (Å²) >= 11 is 0. The van der Waals surface area contributed by atoms with Gasteiger partial charge in [-0.2, -0.15) is 0 Å². The first-order valence-electron chi connectivity index (χ1n) is 3.86. The van der Waals surface area contributed by atoms with Gasteiger partial charge in [0, 0.05) is 0 Å². The normalized spacial score (nSPS) is 21.4. The molecule has 1 atom stereocenters. The number of ether oxygens (including phenoxy) is 1. The molecule has 1 aromatic rings. The molecule has 0 amide bonds. The summed E-state index contributed by atoms with van der Waals surface area (Å²) in [5, 5.41) is 3.29. The number of para-hydroxylation sites is 2. The average Bonchev–Trinajstić information content (AvgIpc) is 2.04. The van der Waals surface area contributed by atoms with Crippen molar-refractivity contribution >= 4 is 5.69 Å². The summed E-state index contributed by atoms with van der Waals surface area (Å²) in [5.74, 6) is 0.964. The van der Waals surface area contributed by atoms with Gasteiger partial charge in [-0.25, -0.2) is 0 Å². The number of hydrogen-bond donors (Lipinski definition) is 1. The number of benzene rings is 1. The predicted octanol–water partition coefficient (Wildman–Crippen LogP) is 1.88. The number of anilines is 1. The van der Waals surface area contributed by atoms with E-state index in [1.807, 2.05) is 24.3 Å². The minimum absolute atomic E-state index is 0.282. The molecule has 58 valence electrons. The Morgan fingerprint density at radius 1 is 1.45 bits per heavy atom. The fraction of sp³-hybridized carbons (Fsp3) is 0.333. The third-order valence-corrected chi connectivity index (χ3v) is 1.80. The Morgan fingerprint density at radius 2 is 2.27 bits per heavy atom. The van der Waals surface area contributed by atoms with Gasteiger partial charge in [-0.05, 0) is 19.1 Å². The molecule has 0 radical (unpaired) electrons. The van der Waals surface area contributed by atoms with Crippen LogP contribution in [0.15, 0.2) is 24.3 Å². The molecular weight excluding hydrogens is 138 g/mol. The maximum atomic E-state index is 5.57. The van der Waals surface area contributed by atoms with Crippen molar-refractivity contribution < 1.29 is 4.74 Å². The summed E-state index contributed by atoms with van der Waals surface area (Å²) in [6, 6.07) is 8.00. The van der Waals surface area contributed by atoms with Crippen molar-refractivity contribution in [2.45, 2.75) is 13.0 Å². The lowest BCUT2D eigenvalue weighted by Gasteiger charge is -2.24. The summed E-state index contributed by atoms with van der Waals surface area (Å²) in [6.07, 6.45) is 0.282. The van der Waals surface area contributed by atoms with Crippen LogP contribution in [0.5, 0.6) is 5.75 Å². The van der Waals surface area contributed by atoms with E-state index in [-0.39, 0.29) is 6.10 Å². The minimum Gasteiger partial charge on any atom is -0.487 e. The molecule has 2 rings (SSSR count). The lowest BCUT2D eigenvalue weighted by atomic mass is 10.2. The molecule has 1 aliphatic rings. The van der Waals surface area contributed by atoms with Gasteiger partial charge in [-0.3, -0.25) is 0 Å². The number of nitrogens with one attached hydrogen (secondary N) is 1. The lowest BCUT2D eigenvalue weighted by Crippen LogP contribution is -2.27. The van der Waals surface area contributed by atoms with Gasteiger partial charge in [-0.1, -0.05) is 12.1 Å². The van der Waals surface area contributed by atoms with Gasteiger partial charge in [0.1, 0.15) is 11.9 Å². The van der Waals surface area contributed by atoms with Crippen molar-refractivity contribution in [3.63, 3.8) is 0 Å². The first-order valence-corrected chi connectivity index (χ1v) is 3.86. The van der Waals surface area contributed by atoms with E-state index in [4.69, 9.17) is 4.74 Å². The zero-order valence-electron chi connectivity index (χ0n) is 6.50. The van der Waals surface area contributed by atoms with E-state index in [1.54, 1.807) is 0 Å². The van der Waals surface area contributed by atoms with Crippen LogP contribution in [0.25, 0.3) is 0 Å². The van der Waals surface area contributed by atoms with Crippen molar-refractivity contribution in [2.24, 2.45) is 0 Å². The fourth-order valence-electron chi connectivity index (χ4n) is 1.23. The molecular formula is C9H11NO. The number of hydrogen-bond acceptors (Lipinski definition) is 2. The quantitative estimate of drug-likeness (QED) is 0.608. The van der Waals surface area contributed by atoms with E-state index in [9.17, 15) is 0 Å². The Morgan fingerprint density at radius 3 is 3.18 bits per heavy atom. The third-order valence-electron chi connectivity index (χ3n) is 1.80. The van der Waals surface area contributed by atoms with Gasteiger partial charge >= 0.3 is 0 Å². The first-order chi connectivity index (χ1) is 5.36. The molecule has 0 saturated carbocycles. The van der Waals surface area contributed by atoms with Crippen LogP contribution in [0.2, 0.25) is 0 Å². The Labute approximate surface area is 66.2 Å². The second-order valence-corrected chi connectivity index (χ2v) is 2.81. The molecule has 0 spiro atoms. The van der Waals surface area contributed by atoms with Crippen molar-refractivity contribution in [3.8, 4) is 5.75 Å². The molecule has 11 heavy (non-hydrogen) atoms. The van der Waals surface area contributed by atoms with Crippen LogP contribution >= 0.6 is 0 Å². The second kappa shape index (κ2) is 2.46. The fourth-order valence-corrected chi connectivity index (χ4v) is 1.23. The van der Waals surface area contributed by atoms with Gasteiger partial charge in [0.25, 0.3) is 0 Å². The van der Waals surface area contributed by atoms with Gasteiger partial charge in [0.05, 0.1) is 12.2 Å². The number of fused-ring (bicyclic) bond motifs is 1. The van der Waals surface area contributed by atoms with Crippen molar-refractivity contribution in [1.29, 1.82) is 0 Å². The Bertz CT molecular complexity index is 259. The highest BCUT2D eigenvalue weighted by Crippen LogP contribution is 2.27. The van der Waals surface area contributed by atoms with Gasteiger partial charge in [-0.15, -0.1) is 0 Å². The van der Waals surface area contributed by atoms with Crippen LogP contribution in [0, 0.1) is 0 Å². The average molecular weight is 149 g/mol.